The quantitative estimate of drug-likeness (QED) is 0.778. The summed E-state index contributed by atoms with van der Waals surface area (Å²) in [7, 11) is 0. The second kappa shape index (κ2) is 5.61. The molecule has 3 atom stereocenters. The van der Waals surface area contributed by atoms with Crippen molar-refractivity contribution >= 4 is 6.09 Å². The number of pyridine rings is 1. The molecule has 0 radical (unpaired) electrons. The van der Waals surface area contributed by atoms with Crippen molar-refractivity contribution in [2.45, 2.75) is 44.1 Å². The lowest BCUT2D eigenvalue weighted by Gasteiger charge is -2.49. The number of allylic oxidation sites excluding steroid dienone is 2. The van der Waals surface area contributed by atoms with E-state index in [2.05, 4.69) is 23.2 Å². The van der Waals surface area contributed by atoms with Gasteiger partial charge in [-0.15, -0.1) is 0 Å². The van der Waals surface area contributed by atoms with Crippen LogP contribution in [-0.4, -0.2) is 35.2 Å². The summed E-state index contributed by atoms with van der Waals surface area (Å²) in [6.45, 7) is 1.58. The number of nitrogens with zero attached hydrogens (tertiary/aromatic N) is 2. The van der Waals surface area contributed by atoms with Gasteiger partial charge in [0.1, 0.15) is 6.10 Å². The van der Waals surface area contributed by atoms with Gasteiger partial charge in [-0.05, 0) is 55.7 Å². The second-order valence-corrected chi connectivity index (χ2v) is 8.05. The van der Waals surface area contributed by atoms with E-state index in [9.17, 15) is 4.79 Å². The van der Waals surface area contributed by atoms with Gasteiger partial charge >= 0.3 is 6.09 Å². The zero-order valence-electron chi connectivity index (χ0n) is 13.9. The molecular weight excluding hydrogens is 300 g/mol. The molecule has 5 aliphatic rings. The second-order valence-electron chi connectivity index (χ2n) is 8.05. The largest absolute Gasteiger partial charge is 0.445 e. The highest BCUT2D eigenvalue weighted by Gasteiger charge is 2.47. The van der Waals surface area contributed by atoms with E-state index >= 15 is 0 Å². The van der Waals surface area contributed by atoms with Crippen LogP contribution in [0.1, 0.15) is 43.6 Å². The molecule has 0 N–H and O–H groups in total. The number of carbonyl (C=O) groups is 1. The van der Waals surface area contributed by atoms with Crippen molar-refractivity contribution in [3.63, 3.8) is 0 Å². The number of carbonyl (C=O) groups excluding carboxylic acids is 1. The predicted molar refractivity (Wildman–Crippen MR) is 90.5 cm³/mol. The molecule has 4 bridgehead atoms. The van der Waals surface area contributed by atoms with E-state index in [1.54, 1.807) is 5.57 Å². The number of amides is 1. The van der Waals surface area contributed by atoms with E-state index in [0.29, 0.717) is 17.8 Å². The van der Waals surface area contributed by atoms with Crippen LogP contribution in [0.15, 0.2) is 36.2 Å². The Morgan fingerprint density at radius 3 is 2.62 bits per heavy atom. The molecule has 1 aliphatic heterocycles. The molecule has 0 aromatic carbocycles. The number of rotatable bonds is 2. The fraction of sp³-hybridized carbons (Fsp3) is 0.600. The van der Waals surface area contributed by atoms with Crippen molar-refractivity contribution in [1.29, 1.82) is 0 Å². The number of aromatic nitrogens is 1. The van der Waals surface area contributed by atoms with Crippen LogP contribution in [0, 0.1) is 17.8 Å². The van der Waals surface area contributed by atoms with Crippen LogP contribution >= 0.6 is 0 Å². The molecule has 6 rings (SSSR count). The van der Waals surface area contributed by atoms with E-state index in [1.807, 2.05) is 17.3 Å². The molecule has 0 spiro atoms. The van der Waals surface area contributed by atoms with E-state index in [0.717, 1.165) is 38.3 Å². The maximum absolute atomic E-state index is 12.7. The Balaban J connectivity index is 1.23. The fourth-order valence-electron chi connectivity index (χ4n) is 5.51. The Morgan fingerprint density at radius 1 is 1.17 bits per heavy atom. The Hall–Kier alpha value is -1.84. The van der Waals surface area contributed by atoms with Crippen LogP contribution < -0.4 is 0 Å². The first kappa shape index (κ1) is 14.5. The molecule has 2 heterocycles. The average molecular weight is 324 g/mol. The van der Waals surface area contributed by atoms with Gasteiger partial charge in [0.2, 0.25) is 0 Å². The summed E-state index contributed by atoms with van der Waals surface area (Å²) in [5, 5.41) is 0. The van der Waals surface area contributed by atoms with Crippen LogP contribution in [0.4, 0.5) is 4.79 Å². The molecule has 1 saturated heterocycles. The van der Waals surface area contributed by atoms with Gasteiger partial charge in [-0.25, -0.2) is 4.79 Å². The SMILES string of the molecule is O=C(OC1C2CC3=CC(C2)CC1C3)N1CCC(c2ccncc2)C1. The average Bonchev–Trinajstić information content (AvgIpc) is 3.08. The van der Waals surface area contributed by atoms with Crippen LogP contribution in [0.5, 0.6) is 0 Å². The van der Waals surface area contributed by atoms with Crippen LogP contribution in [-0.2, 0) is 4.74 Å². The summed E-state index contributed by atoms with van der Waals surface area (Å²) < 4.78 is 6.04. The van der Waals surface area contributed by atoms with Crippen LogP contribution in [0.3, 0.4) is 0 Å². The van der Waals surface area contributed by atoms with Crippen molar-refractivity contribution in [1.82, 2.24) is 9.88 Å². The molecule has 2 saturated carbocycles. The molecule has 4 heteroatoms. The minimum absolute atomic E-state index is 0.0852. The third kappa shape index (κ3) is 2.43. The van der Waals surface area contributed by atoms with Gasteiger partial charge in [0.25, 0.3) is 0 Å². The van der Waals surface area contributed by atoms with E-state index < -0.39 is 0 Å². The molecule has 24 heavy (non-hydrogen) atoms. The Kier molecular flexibility index (Phi) is 3.39. The third-order valence-electron chi connectivity index (χ3n) is 6.52. The Morgan fingerprint density at radius 2 is 1.92 bits per heavy atom. The zero-order chi connectivity index (χ0) is 16.1. The topological polar surface area (TPSA) is 42.4 Å². The van der Waals surface area contributed by atoms with Crippen molar-refractivity contribution in [2.24, 2.45) is 17.8 Å². The maximum Gasteiger partial charge on any atom is 0.410 e. The molecule has 3 unspecified atom stereocenters. The van der Waals surface area contributed by atoms with Crippen molar-refractivity contribution in [3.8, 4) is 0 Å². The summed E-state index contributed by atoms with van der Waals surface area (Å²) >= 11 is 0. The third-order valence-corrected chi connectivity index (χ3v) is 6.52. The lowest BCUT2D eigenvalue weighted by molar-refractivity contribution is -0.0432. The van der Waals surface area contributed by atoms with E-state index in [1.165, 1.54) is 18.4 Å². The summed E-state index contributed by atoms with van der Waals surface area (Å²) in [5.41, 5.74) is 2.90. The predicted octanol–water partition coefficient (Wildman–Crippen LogP) is 3.75. The Bertz CT molecular complexity index is 653. The highest BCUT2D eigenvalue weighted by Crippen LogP contribution is 2.51. The van der Waals surface area contributed by atoms with Crippen LogP contribution in [0.2, 0.25) is 0 Å². The summed E-state index contributed by atoms with van der Waals surface area (Å²) in [4.78, 5) is 18.7. The van der Waals surface area contributed by atoms with Crippen molar-refractivity contribution in [3.05, 3.63) is 41.7 Å². The van der Waals surface area contributed by atoms with E-state index in [4.69, 9.17) is 4.74 Å². The summed E-state index contributed by atoms with van der Waals surface area (Å²) in [6, 6.07) is 4.12. The standard InChI is InChI=1S/C20H24N2O2/c23-20(22-6-3-16(12-22)15-1-4-21-5-2-15)24-19-17-8-13-7-14(10-17)11-18(19)9-13/h1-2,4-5,7,13,16-19H,3,6,8-12H2. The first-order valence-electron chi connectivity index (χ1n) is 9.31. The molecule has 3 fully saturated rings. The van der Waals surface area contributed by atoms with Gasteiger partial charge in [-0.2, -0.15) is 0 Å². The minimum Gasteiger partial charge on any atom is -0.445 e. The minimum atomic E-state index is -0.0852. The summed E-state index contributed by atoms with van der Waals surface area (Å²) in [6.07, 6.45) is 12.0. The lowest BCUT2D eigenvalue weighted by Crippen LogP contribution is -2.47. The monoisotopic (exact) mass is 324 g/mol. The molecular formula is C20H24N2O2. The number of likely N-dealkylation sites (tertiary alicyclic amines) is 1. The van der Waals surface area contributed by atoms with Gasteiger partial charge in [0, 0.05) is 43.2 Å². The van der Waals surface area contributed by atoms with Gasteiger partial charge < -0.3 is 9.64 Å². The van der Waals surface area contributed by atoms with E-state index in [-0.39, 0.29) is 12.2 Å². The van der Waals surface area contributed by atoms with Gasteiger partial charge in [0.15, 0.2) is 0 Å². The van der Waals surface area contributed by atoms with Crippen LogP contribution in [0.25, 0.3) is 0 Å². The molecule has 1 amide bonds. The Labute approximate surface area is 142 Å². The van der Waals surface area contributed by atoms with Crippen molar-refractivity contribution < 1.29 is 9.53 Å². The first-order valence-corrected chi connectivity index (χ1v) is 9.31. The smallest absolute Gasteiger partial charge is 0.410 e. The van der Waals surface area contributed by atoms with Gasteiger partial charge in [0.05, 0.1) is 0 Å². The molecule has 126 valence electrons. The van der Waals surface area contributed by atoms with Gasteiger partial charge in [-0.1, -0.05) is 11.6 Å². The van der Waals surface area contributed by atoms with Crippen molar-refractivity contribution in [2.75, 3.05) is 13.1 Å². The maximum atomic E-state index is 12.7. The zero-order valence-corrected chi connectivity index (χ0v) is 13.9. The molecule has 1 aromatic rings. The number of ether oxygens (including phenoxy) is 1. The first-order chi connectivity index (χ1) is 11.8. The lowest BCUT2D eigenvalue weighted by atomic mass is 9.60. The fourth-order valence-corrected chi connectivity index (χ4v) is 5.51. The molecule has 1 aromatic heterocycles. The normalized spacial score (nSPS) is 36.8. The molecule has 4 aliphatic carbocycles. The molecule has 4 nitrogen and oxygen atoms in total. The summed E-state index contributed by atoms with van der Waals surface area (Å²) in [5.74, 6) is 2.33. The highest BCUT2D eigenvalue weighted by molar-refractivity contribution is 5.68. The number of hydrogen-bond acceptors (Lipinski definition) is 3. The van der Waals surface area contributed by atoms with Gasteiger partial charge in [-0.3, -0.25) is 4.98 Å². The number of hydrogen-bond donors (Lipinski definition) is 0. The highest BCUT2D eigenvalue weighted by atomic mass is 16.6.